The van der Waals surface area contributed by atoms with Crippen molar-refractivity contribution in [1.82, 2.24) is 15.5 Å². The molecule has 2 N–H and O–H groups in total. The maximum atomic E-state index is 12.4. The van der Waals surface area contributed by atoms with Crippen molar-refractivity contribution in [3.63, 3.8) is 0 Å². The first kappa shape index (κ1) is 17.2. The molecule has 4 amide bonds. The maximum Gasteiger partial charge on any atom is 0.325 e. The molecule has 0 saturated carbocycles. The highest BCUT2D eigenvalue weighted by Gasteiger charge is 2.29. The summed E-state index contributed by atoms with van der Waals surface area (Å²) >= 11 is 3.40. The van der Waals surface area contributed by atoms with E-state index in [1.54, 1.807) is 0 Å². The number of carbonyl (C=O) groups is 3. The predicted octanol–water partition coefficient (Wildman–Crippen LogP) is 2.21. The molecule has 1 aliphatic rings. The molecular weight excluding hydrogens is 386 g/mol. The third kappa shape index (κ3) is 4.24. The van der Waals surface area contributed by atoms with Gasteiger partial charge in [0, 0.05) is 4.47 Å². The molecule has 3 rings (SSSR count). The van der Waals surface area contributed by atoms with E-state index in [1.807, 2.05) is 54.6 Å². The van der Waals surface area contributed by atoms with E-state index in [0.29, 0.717) is 0 Å². The Kier molecular flexibility index (Phi) is 5.14. The Morgan fingerprint density at radius 3 is 2.32 bits per heavy atom. The number of rotatable bonds is 5. The molecule has 0 radical (unpaired) electrons. The van der Waals surface area contributed by atoms with Crippen LogP contribution >= 0.6 is 15.9 Å². The summed E-state index contributed by atoms with van der Waals surface area (Å²) < 4.78 is 0.946. The second kappa shape index (κ2) is 7.48. The van der Waals surface area contributed by atoms with Gasteiger partial charge in [-0.25, -0.2) is 4.79 Å². The topological polar surface area (TPSA) is 78.5 Å². The number of urea groups is 1. The number of hydrogen-bond acceptors (Lipinski definition) is 3. The van der Waals surface area contributed by atoms with Crippen LogP contribution in [-0.4, -0.2) is 35.8 Å². The SMILES string of the molecule is O=C1CN(CC(=O)NC(c2ccccc2)c2ccc(Br)cc2)C(=O)N1. The summed E-state index contributed by atoms with van der Waals surface area (Å²) in [5.41, 5.74) is 1.85. The smallest absolute Gasteiger partial charge is 0.325 e. The van der Waals surface area contributed by atoms with E-state index in [0.717, 1.165) is 15.6 Å². The highest BCUT2D eigenvalue weighted by molar-refractivity contribution is 9.10. The summed E-state index contributed by atoms with van der Waals surface area (Å²) in [4.78, 5) is 36.4. The van der Waals surface area contributed by atoms with Crippen LogP contribution < -0.4 is 10.6 Å². The van der Waals surface area contributed by atoms with Gasteiger partial charge in [0.15, 0.2) is 0 Å². The zero-order valence-electron chi connectivity index (χ0n) is 13.2. The molecule has 1 fully saturated rings. The first-order valence-electron chi connectivity index (χ1n) is 7.71. The number of carbonyl (C=O) groups excluding carboxylic acids is 3. The molecule has 1 saturated heterocycles. The molecule has 2 aromatic rings. The Bertz CT molecular complexity index is 793. The summed E-state index contributed by atoms with van der Waals surface area (Å²) in [6.07, 6.45) is 0. The Hall–Kier alpha value is -2.67. The van der Waals surface area contributed by atoms with Gasteiger partial charge in [0.05, 0.1) is 6.04 Å². The molecule has 0 spiro atoms. The van der Waals surface area contributed by atoms with Gasteiger partial charge in [0.1, 0.15) is 13.1 Å². The van der Waals surface area contributed by atoms with Gasteiger partial charge in [-0.15, -0.1) is 0 Å². The lowest BCUT2D eigenvalue weighted by molar-refractivity contribution is -0.122. The summed E-state index contributed by atoms with van der Waals surface area (Å²) in [7, 11) is 0. The number of hydrogen-bond donors (Lipinski definition) is 2. The first-order chi connectivity index (χ1) is 12.0. The Morgan fingerprint density at radius 2 is 1.72 bits per heavy atom. The van der Waals surface area contributed by atoms with Gasteiger partial charge in [0.25, 0.3) is 0 Å². The van der Waals surface area contributed by atoms with Crippen LogP contribution in [0.4, 0.5) is 4.79 Å². The predicted molar refractivity (Wildman–Crippen MR) is 95.7 cm³/mol. The van der Waals surface area contributed by atoms with Crippen LogP contribution in [0.3, 0.4) is 0 Å². The minimum absolute atomic E-state index is 0.0967. The molecule has 7 heteroatoms. The Labute approximate surface area is 153 Å². The second-order valence-electron chi connectivity index (χ2n) is 5.67. The van der Waals surface area contributed by atoms with Crippen molar-refractivity contribution in [2.75, 3.05) is 13.1 Å². The standard InChI is InChI=1S/C18H16BrN3O3/c19-14-8-6-13(7-9-14)17(12-4-2-1-3-5-12)20-15(23)10-22-11-16(24)21-18(22)25/h1-9,17H,10-11H2,(H,20,23)(H,21,24,25). The molecular formula is C18H16BrN3O3. The van der Waals surface area contributed by atoms with E-state index in [1.165, 1.54) is 4.90 Å². The quantitative estimate of drug-likeness (QED) is 0.753. The van der Waals surface area contributed by atoms with E-state index in [4.69, 9.17) is 0 Å². The van der Waals surface area contributed by atoms with Crippen LogP contribution in [0.2, 0.25) is 0 Å². The number of imide groups is 1. The van der Waals surface area contributed by atoms with Crippen molar-refractivity contribution in [3.8, 4) is 0 Å². The average molecular weight is 402 g/mol. The number of nitrogens with one attached hydrogen (secondary N) is 2. The fraction of sp³-hybridized carbons (Fsp3) is 0.167. The van der Waals surface area contributed by atoms with Crippen molar-refractivity contribution in [3.05, 3.63) is 70.2 Å². The molecule has 1 unspecified atom stereocenters. The van der Waals surface area contributed by atoms with Crippen molar-refractivity contribution in [2.24, 2.45) is 0 Å². The molecule has 25 heavy (non-hydrogen) atoms. The Morgan fingerprint density at radius 1 is 1.08 bits per heavy atom. The molecule has 0 aliphatic carbocycles. The van der Waals surface area contributed by atoms with Gasteiger partial charge in [-0.3, -0.25) is 14.9 Å². The number of halogens is 1. The first-order valence-corrected chi connectivity index (χ1v) is 8.51. The van der Waals surface area contributed by atoms with Crippen molar-refractivity contribution in [1.29, 1.82) is 0 Å². The molecule has 0 bridgehead atoms. The lowest BCUT2D eigenvalue weighted by atomic mass is 9.99. The highest BCUT2D eigenvalue weighted by Crippen LogP contribution is 2.23. The van der Waals surface area contributed by atoms with E-state index in [2.05, 4.69) is 26.6 Å². The van der Waals surface area contributed by atoms with Gasteiger partial charge in [-0.05, 0) is 23.3 Å². The average Bonchev–Trinajstić information content (AvgIpc) is 2.91. The minimum atomic E-state index is -0.542. The van der Waals surface area contributed by atoms with Gasteiger partial charge < -0.3 is 10.2 Å². The second-order valence-corrected chi connectivity index (χ2v) is 6.59. The van der Waals surface area contributed by atoms with Crippen LogP contribution in [0.1, 0.15) is 17.2 Å². The molecule has 6 nitrogen and oxygen atoms in total. The molecule has 128 valence electrons. The largest absolute Gasteiger partial charge is 0.344 e. The van der Waals surface area contributed by atoms with Gasteiger partial charge >= 0.3 is 6.03 Å². The summed E-state index contributed by atoms with van der Waals surface area (Å²) in [6.45, 7) is -0.266. The summed E-state index contributed by atoms with van der Waals surface area (Å²) in [5.74, 6) is -0.730. The van der Waals surface area contributed by atoms with E-state index in [-0.39, 0.29) is 25.0 Å². The maximum absolute atomic E-state index is 12.4. The normalized spacial score (nSPS) is 15.0. The number of nitrogens with zero attached hydrogens (tertiary/aromatic N) is 1. The molecule has 1 atom stereocenters. The van der Waals surface area contributed by atoms with Gasteiger partial charge in [-0.2, -0.15) is 0 Å². The summed E-state index contributed by atoms with van der Waals surface area (Å²) in [6, 6.07) is 16.3. The molecule has 0 aromatic heterocycles. The van der Waals surface area contributed by atoms with Crippen LogP contribution in [0.5, 0.6) is 0 Å². The third-order valence-corrected chi connectivity index (χ3v) is 4.37. The van der Waals surface area contributed by atoms with Crippen molar-refractivity contribution in [2.45, 2.75) is 6.04 Å². The fourth-order valence-electron chi connectivity index (χ4n) is 2.65. The van der Waals surface area contributed by atoms with Crippen LogP contribution in [0, 0.1) is 0 Å². The highest BCUT2D eigenvalue weighted by atomic mass is 79.9. The van der Waals surface area contributed by atoms with Crippen LogP contribution in [0.25, 0.3) is 0 Å². The zero-order valence-corrected chi connectivity index (χ0v) is 14.8. The van der Waals surface area contributed by atoms with E-state index in [9.17, 15) is 14.4 Å². The minimum Gasteiger partial charge on any atom is -0.344 e. The van der Waals surface area contributed by atoms with Crippen molar-refractivity contribution >= 4 is 33.8 Å². The fourth-order valence-corrected chi connectivity index (χ4v) is 2.91. The van der Waals surface area contributed by atoms with Gasteiger partial charge in [-0.1, -0.05) is 58.4 Å². The van der Waals surface area contributed by atoms with Crippen LogP contribution in [-0.2, 0) is 9.59 Å². The van der Waals surface area contributed by atoms with Gasteiger partial charge in [0.2, 0.25) is 11.8 Å². The third-order valence-electron chi connectivity index (χ3n) is 3.84. The van der Waals surface area contributed by atoms with Crippen molar-refractivity contribution < 1.29 is 14.4 Å². The number of amides is 4. The Balaban J connectivity index is 1.78. The lowest BCUT2D eigenvalue weighted by Crippen LogP contribution is -2.40. The van der Waals surface area contributed by atoms with E-state index >= 15 is 0 Å². The lowest BCUT2D eigenvalue weighted by Gasteiger charge is -2.21. The zero-order chi connectivity index (χ0) is 17.8. The number of benzene rings is 2. The molecule has 2 aromatic carbocycles. The summed E-state index contributed by atoms with van der Waals surface area (Å²) in [5, 5.41) is 5.10. The molecule has 1 heterocycles. The monoisotopic (exact) mass is 401 g/mol. The molecule has 1 aliphatic heterocycles. The van der Waals surface area contributed by atoms with Crippen LogP contribution in [0.15, 0.2) is 59.1 Å². The van der Waals surface area contributed by atoms with E-state index < -0.39 is 11.9 Å².